The molecule has 0 spiro atoms. The summed E-state index contributed by atoms with van der Waals surface area (Å²) in [6, 6.07) is 8.35. The van der Waals surface area contributed by atoms with Gasteiger partial charge >= 0.3 is 0 Å². The number of hydrogen-bond acceptors (Lipinski definition) is 3. The molecule has 1 aliphatic rings. The molecule has 1 aromatic carbocycles. The number of rotatable bonds is 2. The zero-order chi connectivity index (χ0) is 11.7. The number of para-hydroxylation sites is 2. The lowest BCUT2D eigenvalue weighted by Gasteiger charge is -2.14. The summed E-state index contributed by atoms with van der Waals surface area (Å²) >= 11 is 0. The van der Waals surface area contributed by atoms with Crippen LogP contribution in [0.4, 0.5) is 0 Å². The fraction of sp³-hybridized carbons (Fsp3) is 0.429. The Morgan fingerprint density at radius 3 is 2.76 bits per heavy atom. The summed E-state index contributed by atoms with van der Waals surface area (Å²) in [4.78, 5) is 9.10. The maximum Gasteiger partial charge on any atom is 0.0890 e. The second kappa shape index (κ2) is 4.41. The van der Waals surface area contributed by atoms with Gasteiger partial charge in [-0.3, -0.25) is 4.98 Å². The lowest BCUT2D eigenvalue weighted by molar-refractivity contribution is 0.474. The number of benzene rings is 1. The molecule has 0 amide bonds. The fourth-order valence-corrected chi connectivity index (χ4v) is 2.68. The highest BCUT2D eigenvalue weighted by Crippen LogP contribution is 2.26. The molecule has 2 atom stereocenters. The molecule has 3 rings (SSSR count). The van der Waals surface area contributed by atoms with E-state index in [1.54, 1.807) is 0 Å². The molecule has 17 heavy (non-hydrogen) atoms. The van der Waals surface area contributed by atoms with E-state index in [-0.39, 0.29) is 0 Å². The third-order valence-corrected chi connectivity index (χ3v) is 3.69. The van der Waals surface area contributed by atoms with Gasteiger partial charge in [0.25, 0.3) is 0 Å². The minimum absolute atomic E-state index is 0.350. The van der Waals surface area contributed by atoms with E-state index in [1.165, 1.54) is 12.8 Å². The molecule has 3 nitrogen and oxygen atoms in total. The molecule has 2 unspecified atom stereocenters. The van der Waals surface area contributed by atoms with Crippen LogP contribution in [0.1, 0.15) is 25.0 Å². The number of nitrogens with two attached hydrogens (primary N) is 1. The van der Waals surface area contributed by atoms with Crippen molar-refractivity contribution >= 4 is 11.0 Å². The van der Waals surface area contributed by atoms with Crippen molar-refractivity contribution in [2.24, 2.45) is 11.7 Å². The molecule has 3 heteroatoms. The van der Waals surface area contributed by atoms with Gasteiger partial charge in [-0.1, -0.05) is 18.6 Å². The van der Waals surface area contributed by atoms with Gasteiger partial charge in [0.05, 0.1) is 16.7 Å². The van der Waals surface area contributed by atoms with Crippen molar-refractivity contribution in [2.75, 3.05) is 0 Å². The van der Waals surface area contributed by atoms with Crippen LogP contribution in [0.15, 0.2) is 30.5 Å². The average Bonchev–Trinajstić information content (AvgIpc) is 2.75. The van der Waals surface area contributed by atoms with Crippen LogP contribution in [-0.4, -0.2) is 16.0 Å². The van der Waals surface area contributed by atoms with Crippen LogP contribution < -0.4 is 5.73 Å². The van der Waals surface area contributed by atoms with Crippen LogP contribution in [-0.2, 0) is 6.42 Å². The maximum absolute atomic E-state index is 6.09. The third kappa shape index (κ3) is 2.15. The summed E-state index contributed by atoms with van der Waals surface area (Å²) < 4.78 is 0. The van der Waals surface area contributed by atoms with Gasteiger partial charge in [0.15, 0.2) is 0 Å². The van der Waals surface area contributed by atoms with Crippen molar-refractivity contribution in [3.63, 3.8) is 0 Å². The first kappa shape index (κ1) is 10.7. The van der Waals surface area contributed by atoms with Gasteiger partial charge in [-0.15, -0.1) is 0 Å². The van der Waals surface area contributed by atoms with E-state index < -0.39 is 0 Å². The maximum atomic E-state index is 6.09. The highest BCUT2D eigenvalue weighted by atomic mass is 14.8. The molecule has 88 valence electrons. The summed E-state index contributed by atoms with van der Waals surface area (Å²) in [5, 5.41) is 0. The van der Waals surface area contributed by atoms with E-state index in [0.29, 0.717) is 12.0 Å². The first-order valence-electron chi connectivity index (χ1n) is 6.29. The summed E-state index contributed by atoms with van der Waals surface area (Å²) in [6.07, 6.45) is 6.51. The SMILES string of the molecule is NC1CCCC1Cc1cnc2ccccc2n1. The van der Waals surface area contributed by atoms with Crippen LogP contribution in [0.25, 0.3) is 11.0 Å². The molecule has 1 fully saturated rings. The Balaban J connectivity index is 1.85. The third-order valence-electron chi connectivity index (χ3n) is 3.69. The minimum atomic E-state index is 0.350. The van der Waals surface area contributed by atoms with Crippen molar-refractivity contribution < 1.29 is 0 Å². The number of fused-ring (bicyclic) bond motifs is 1. The van der Waals surface area contributed by atoms with Crippen molar-refractivity contribution in [1.82, 2.24) is 9.97 Å². The number of hydrogen-bond donors (Lipinski definition) is 1. The topological polar surface area (TPSA) is 51.8 Å². The molecule has 0 aliphatic heterocycles. The standard InChI is InChI=1S/C14H17N3/c15-12-5-3-4-10(12)8-11-9-16-13-6-1-2-7-14(13)17-11/h1-2,6-7,9-10,12H,3-5,8,15H2. The van der Waals surface area contributed by atoms with Crippen LogP contribution >= 0.6 is 0 Å². The largest absolute Gasteiger partial charge is 0.327 e. The molecule has 1 heterocycles. The molecule has 2 N–H and O–H groups in total. The van der Waals surface area contributed by atoms with Gasteiger partial charge in [0.1, 0.15) is 0 Å². The molecule has 0 bridgehead atoms. The predicted octanol–water partition coefficient (Wildman–Crippen LogP) is 2.30. The molecule has 1 aromatic heterocycles. The summed E-state index contributed by atoms with van der Waals surface area (Å²) in [5.74, 6) is 0.588. The van der Waals surface area contributed by atoms with Crippen LogP contribution in [0, 0.1) is 5.92 Å². The normalized spacial score (nSPS) is 24.3. The molecule has 1 saturated carbocycles. The van der Waals surface area contributed by atoms with E-state index in [1.807, 2.05) is 30.5 Å². The van der Waals surface area contributed by atoms with Gasteiger partial charge < -0.3 is 5.73 Å². The Kier molecular flexibility index (Phi) is 2.77. The van der Waals surface area contributed by atoms with Crippen LogP contribution in [0.3, 0.4) is 0 Å². The zero-order valence-electron chi connectivity index (χ0n) is 9.84. The Labute approximate surface area is 101 Å². The smallest absolute Gasteiger partial charge is 0.0890 e. The van der Waals surface area contributed by atoms with Crippen molar-refractivity contribution in [1.29, 1.82) is 0 Å². The minimum Gasteiger partial charge on any atom is -0.327 e. The Morgan fingerprint density at radius 1 is 1.18 bits per heavy atom. The monoisotopic (exact) mass is 227 g/mol. The van der Waals surface area contributed by atoms with Crippen molar-refractivity contribution in [3.8, 4) is 0 Å². The van der Waals surface area contributed by atoms with E-state index in [4.69, 9.17) is 5.73 Å². The van der Waals surface area contributed by atoms with Gasteiger partial charge in [0, 0.05) is 12.2 Å². The van der Waals surface area contributed by atoms with Gasteiger partial charge in [0.2, 0.25) is 0 Å². The Hall–Kier alpha value is -1.48. The molecular weight excluding hydrogens is 210 g/mol. The quantitative estimate of drug-likeness (QED) is 0.856. The molecule has 2 aromatic rings. The lowest BCUT2D eigenvalue weighted by atomic mass is 9.98. The van der Waals surface area contributed by atoms with Gasteiger partial charge in [-0.25, -0.2) is 4.98 Å². The molecule has 0 saturated heterocycles. The highest BCUT2D eigenvalue weighted by Gasteiger charge is 2.24. The van der Waals surface area contributed by atoms with E-state index in [0.717, 1.165) is 29.6 Å². The zero-order valence-corrected chi connectivity index (χ0v) is 9.84. The van der Waals surface area contributed by atoms with Gasteiger partial charge in [-0.2, -0.15) is 0 Å². The van der Waals surface area contributed by atoms with Crippen LogP contribution in [0.2, 0.25) is 0 Å². The Bertz CT molecular complexity index is 524. The van der Waals surface area contributed by atoms with E-state index in [9.17, 15) is 0 Å². The molecule has 0 radical (unpaired) electrons. The van der Waals surface area contributed by atoms with Gasteiger partial charge in [-0.05, 0) is 37.3 Å². The summed E-state index contributed by atoms with van der Waals surface area (Å²) in [6.45, 7) is 0. The first-order valence-corrected chi connectivity index (χ1v) is 6.29. The van der Waals surface area contributed by atoms with Crippen LogP contribution in [0.5, 0.6) is 0 Å². The summed E-state index contributed by atoms with van der Waals surface area (Å²) in [5.41, 5.74) is 9.11. The second-order valence-corrected chi connectivity index (χ2v) is 4.91. The Morgan fingerprint density at radius 2 is 2.00 bits per heavy atom. The summed E-state index contributed by atoms with van der Waals surface area (Å²) in [7, 11) is 0. The lowest BCUT2D eigenvalue weighted by Crippen LogP contribution is -2.26. The van der Waals surface area contributed by atoms with E-state index in [2.05, 4.69) is 9.97 Å². The predicted molar refractivity (Wildman–Crippen MR) is 68.6 cm³/mol. The average molecular weight is 227 g/mol. The van der Waals surface area contributed by atoms with Crippen molar-refractivity contribution in [2.45, 2.75) is 31.7 Å². The fourth-order valence-electron chi connectivity index (χ4n) is 2.68. The number of nitrogens with zero attached hydrogens (tertiary/aromatic N) is 2. The van der Waals surface area contributed by atoms with Crippen molar-refractivity contribution in [3.05, 3.63) is 36.2 Å². The second-order valence-electron chi connectivity index (χ2n) is 4.91. The molecular formula is C14H17N3. The first-order chi connectivity index (χ1) is 8.33. The molecule has 1 aliphatic carbocycles. The van der Waals surface area contributed by atoms with E-state index >= 15 is 0 Å². The highest BCUT2D eigenvalue weighted by molar-refractivity contribution is 5.73. The number of aromatic nitrogens is 2.